The number of urea groups is 1. The fourth-order valence-corrected chi connectivity index (χ4v) is 3.86. The molecule has 2 atom stereocenters. The van der Waals surface area contributed by atoms with E-state index in [0.29, 0.717) is 17.2 Å². The molecule has 1 fully saturated rings. The Labute approximate surface area is 194 Å². The minimum atomic E-state index is -4.83. The van der Waals surface area contributed by atoms with Crippen LogP contribution in [0.2, 0.25) is 0 Å². The number of fused-ring (bicyclic) bond motifs is 1. The second-order valence-corrected chi connectivity index (χ2v) is 8.76. The number of aliphatic hydroxyl groups is 1. The Kier molecular flexibility index (Phi) is 6.15. The van der Waals surface area contributed by atoms with E-state index in [1.165, 1.54) is 24.0 Å². The van der Waals surface area contributed by atoms with Crippen molar-refractivity contribution in [3.8, 4) is 5.75 Å². The van der Waals surface area contributed by atoms with Crippen molar-refractivity contribution in [3.63, 3.8) is 0 Å². The van der Waals surface area contributed by atoms with Gasteiger partial charge in [-0.15, -0.1) is 13.2 Å². The van der Waals surface area contributed by atoms with Gasteiger partial charge in [-0.3, -0.25) is 9.69 Å². The predicted molar refractivity (Wildman–Crippen MR) is 118 cm³/mol. The van der Waals surface area contributed by atoms with Crippen LogP contribution in [0.5, 0.6) is 5.75 Å². The molecular weight excluding hydrogens is 453 g/mol. The van der Waals surface area contributed by atoms with Gasteiger partial charge in [0.25, 0.3) is 0 Å². The van der Waals surface area contributed by atoms with E-state index in [1.54, 1.807) is 13.1 Å². The summed E-state index contributed by atoms with van der Waals surface area (Å²) in [6.45, 7) is 2.95. The molecule has 0 saturated heterocycles. The van der Waals surface area contributed by atoms with Crippen molar-refractivity contribution in [2.45, 2.75) is 57.0 Å². The summed E-state index contributed by atoms with van der Waals surface area (Å²) in [6.07, 6.45) is -0.802. The molecule has 1 saturated carbocycles. The van der Waals surface area contributed by atoms with Crippen LogP contribution in [0.25, 0.3) is 0 Å². The maximum Gasteiger partial charge on any atom is 0.573 e. The van der Waals surface area contributed by atoms with Gasteiger partial charge in [-0.25, -0.2) is 9.78 Å². The molecule has 1 aromatic carbocycles. The Morgan fingerprint density at radius 3 is 2.59 bits per heavy atom. The highest BCUT2D eigenvalue weighted by Gasteiger charge is 2.37. The number of aromatic nitrogens is 1. The molecule has 34 heavy (non-hydrogen) atoms. The molecule has 0 spiro atoms. The predicted octanol–water partition coefficient (Wildman–Crippen LogP) is 4.23. The number of carbonyl (C=O) groups excluding carboxylic acids is 2. The summed E-state index contributed by atoms with van der Waals surface area (Å²) in [6, 6.07) is 5.06. The first kappa shape index (κ1) is 23.8. The van der Waals surface area contributed by atoms with Gasteiger partial charge in [-0.1, -0.05) is 19.1 Å². The van der Waals surface area contributed by atoms with Gasteiger partial charge in [0.05, 0.1) is 17.3 Å². The van der Waals surface area contributed by atoms with Crippen molar-refractivity contribution in [1.82, 2.24) is 10.3 Å². The lowest BCUT2D eigenvalue weighted by molar-refractivity contribution is -0.274. The van der Waals surface area contributed by atoms with Gasteiger partial charge in [0, 0.05) is 6.20 Å². The van der Waals surface area contributed by atoms with E-state index >= 15 is 0 Å². The summed E-state index contributed by atoms with van der Waals surface area (Å²) in [5.74, 6) is -0.114. The number of anilines is 2. The van der Waals surface area contributed by atoms with Crippen molar-refractivity contribution in [2.24, 2.45) is 0 Å². The van der Waals surface area contributed by atoms with E-state index in [-0.39, 0.29) is 24.7 Å². The highest BCUT2D eigenvalue weighted by molar-refractivity contribution is 6.08. The molecule has 182 valence electrons. The van der Waals surface area contributed by atoms with Crippen LogP contribution in [0, 0.1) is 0 Å². The minimum absolute atomic E-state index is 0.235. The lowest BCUT2D eigenvalue weighted by Crippen LogP contribution is -2.52. The van der Waals surface area contributed by atoms with Crippen LogP contribution < -0.4 is 20.3 Å². The lowest BCUT2D eigenvalue weighted by Gasteiger charge is -2.36. The van der Waals surface area contributed by atoms with Crippen LogP contribution in [0.15, 0.2) is 36.5 Å². The molecule has 1 aromatic heterocycles. The number of ether oxygens (including phenoxy) is 1. The smallest absolute Gasteiger partial charge is 0.406 e. The summed E-state index contributed by atoms with van der Waals surface area (Å²) < 4.78 is 41.3. The second-order valence-electron chi connectivity index (χ2n) is 8.76. The van der Waals surface area contributed by atoms with E-state index < -0.39 is 29.8 Å². The topological polar surface area (TPSA) is 104 Å². The number of benzene rings is 1. The van der Waals surface area contributed by atoms with Crippen LogP contribution >= 0.6 is 0 Å². The number of hydrogen-bond acceptors (Lipinski definition) is 5. The molecular formula is C23H25F3N4O4. The maximum atomic E-state index is 13.2. The first-order valence-electron chi connectivity index (χ1n) is 10.9. The highest BCUT2D eigenvalue weighted by Crippen LogP contribution is 2.42. The number of nitrogens with one attached hydrogen (secondary N) is 2. The first-order valence-corrected chi connectivity index (χ1v) is 10.9. The van der Waals surface area contributed by atoms with Crippen molar-refractivity contribution in [3.05, 3.63) is 47.7 Å². The number of alkyl halides is 3. The third-order valence-corrected chi connectivity index (χ3v) is 6.07. The summed E-state index contributed by atoms with van der Waals surface area (Å²) in [5.41, 5.74) is 0.359. The number of amides is 3. The van der Waals surface area contributed by atoms with Crippen LogP contribution in [0.1, 0.15) is 56.2 Å². The Morgan fingerprint density at radius 2 is 2.00 bits per heavy atom. The van der Waals surface area contributed by atoms with Gasteiger partial charge in [0.1, 0.15) is 12.3 Å². The van der Waals surface area contributed by atoms with E-state index in [4.69, 9.17) is 0 Å². The van der Waals surface area contributed by atoms with Crippen LogP contribution in [-0.2, 0) is 4.79 Å². The number of rotatable bonds is 6. The SMILES string of the molecule is CCC(C)(O)C(NC(=O)N1CC(=O)Nc2cc(C3CC3)cnc21)c1ccc(OC(F)(F)F)cc1. The van der Waals surface area contributed by atoms with Crippen molar-refractivity contribution in [2.75, 3.05) is 16.8 Å². The van der Waals surface area contributed by atoms with Gasteiger partial charge < -0.3 is 20.5 Å². The van der Waals surface area contributed by atoms with Crippen molar-refractivity contribution >= 4 is 23.4 Å². The van der Waals surface area contributed by atoms with Crippen LogP contribution in [0.3, 0.4) is 0 Å². The number of hydrogen-bond donors (Lipinski definition) is 3. The number of pyridine rings is 1. The zero-order valence-corrected chi connectivity index (χ0v) is 18.6. The van der Waals surface area contributed by atoms with Gasteiger partial charge in [-0.05, 0) is 61.4 Å². The lowest BCUT2D eigenvalue weighted by atomic mass is 9.88. The molecule has 8 nitrogen and oxygen atoms in total. The largest absolute Gasteiger partial charge is 0.573 e. The van der Waals surface area contributed by atoms with Crippen LogP contribution in [0.4, 0.5) is 29.5 Å². The minimum Gasteiger partial charge on any atom is -0.406 e. The molecule has 11 heteroatoms. The first-order chi connectivity index (χ1) is 16.0. The Hall–Kier alpha value is -3.34. The summed E-state index contributed by atoms with van der Waals surface area (Å²) >= 11 is 0. The number of nitrogens with zero attached hydrogens (tertiary/aromatic N) is 2. The number of carbonyl (C=O) groups is 2. The summed E-state index contributed by atoms with van der Waals surface area (Å²) in [4.78, 5) is 31.1. The summed E-state index contributed by atoms with van der Waals surface area (Å²) in [7, 11) is 0. The van der Waals surface area contributed by atoms with E-state index in [9.17, 15) is 27.9 Å². The third kappa shape index (κ3) is 5.24. The average Bonchev–Trinajstić information content (AvgIpc) is 3.61. The molecule has 2 unspecified atom stereocenters. The zero-order chi connectivity index (χ0) is 24.7. The molecule has 1 aliphatic heterocycles. The molecule has 3 amide bonds. The highest BCUT2D eigenvalue weighted by atomic mass is 19.4. The van der Waals surface area contributed by atoms with E-state index in [1.807, 2.05) is 6.07 Å². The second kappa shape index (κ2) is 8.79. The monoisotopic (exact) mass is 478 g/mol. The molecule has 2 aliphatic rings. The molecule has 1 aliphatic carbocycles. The molecule has 2 heterocycles. The van der Waals surface area contributed by atoms with Gasteiger partial charge >= 0.3 is 12.4 Å². The fraction of sp³-hybridized carbons (Fsp3) is 0.435. The average molecular weight is 478 g/mol. The maximum absolute atomic E-state index is 13.2. The van der Waals surface area contributed by atoms with Gasteiger partial charge in [0.2, 0.25) is 5.91 Å². The zero-order valence-electron chi connectivity index (χ0n) is 18.6. The standard InChI is InChI=1S/C23H25F3N4O4/c1-3-22(2,33)19(14-6-8-16(9-7-14)34-23(24,25)26)29-21(32)30-12-18(31)28-17-10-15(13-4-5-13)11-27-20(17)30/h6-11,13,19,33H,3-5,12H2,1-2H3,(H,28,31)(H,29,32). The van der Waals surface area contributed by atoms with Gasteiger partial charge in [0.15, 0.2) is 5.82 Å². The normalized spacial score (nSPS) is 18.4. The van der Waals surface area contributed by atoms with Crippen LogP contribution in [-0.4, -0.2) is 40.5 Å². The quantitative estimate of drug-likeness (QED) is 0.577. The Balaban J connectivity index is 1.59. The third-order valence-electron chi connectivity index (χ3n) is 6.07. The van der Waals surface area contributed by atoms with E-state index in [0.717, 1.165) is 30.5 Å². The molecule has 3 N–H and O–H groups in total. The van der Waals surface area contributed by atoms with Gasteiger partial charge in [-0.2, -0.15) is 0 Å². The number of halogens is 3. The Bertz CT molecular complexity index is 1080. The fourth-order valence-electron chi connectivity index (χ4n) is 3.86. The van der Waals surface area contributed by atoms with Crippen molar-refractivity contribution < 1.29 is 32.6 Å². The molecule has 2 aromatic rings. The summed E-state index contributed by atoms with van der Waals surface area (Å²) in [5, 5.41) is 16.4. The Morgan fingerprint density at radius 1 is 1.32 bits per heavy atom. The molecule has 0 radical (unpaired) electrons. The molecule has 4 rings (SSSR count). The van der Waals surface area contributed by atoms with Crippen molar-refractivity contribution in [1.29, 1.82) is 0 Å². The molecule has 0 bridgehead atoms. The van der Waals surface area contributed by atoms with E-state index in [2.05, 4.69) is 20.4 Å².